The average Bonchev–Trinajstić information content (AvgIpc) is 2.33. The summed E-state index contributed by atoms with van der Waals surface area (Å²) in [5, 5.41) is 2.69. The van der Waals surface area contributed by atoms with Gasteiger partial charge in [-0.05, 0) is 43.2 Å². The van der Waals surface area contributed by atoms with Crippen molar-refractivity contribution in [2.45, 2.75) is 13.8 Å². The summed E-state index contributed by atoms with van der Waals surface area (Å²) in [4.78, 5) is 12.2. The van der Waals surface area contributed by atoms with E-state index in [1.165, 1.54) is 12.1 Å². The molecule has 0 aliphatic rings. The number of hydrogen-bond acceptors (Lipinski definition) is 2. The van der Waals surface area contributed by atoms with Crippen molar-refractivity contribution < 1.29 is 9.18 Å². The van der Waals surface area contributed by atoms with Gasteiger partial charge in [-0.25, -0.2) is 4.39 Å². The molecule has 3 N–H and O–H groups in total. The first-order chi connectivity index (χ1) is 8.99. The monoisotopic (exact) mass is 258 g/mol. The van der Waals surface area contributed by atoms with Crippen LogP contribution in [0.1, 0.15) is 21.5 Å². The molecule has 0 spiro atoms. The number of rotatable bonds is 2. The van der Waals surface area contributed by atoms with E-state index in [4.69, 9.17) is 5.73 Å². The SMILES string of the molecule is Cc1ccc(F)cc1NC(=O)c1c(C)cccc1N. The van der Waals surface area contributed by atoms with Crippen LogP contribution in [0.15, 0.2) is 36.4 Å². The molecule has 0 bridgehead atoms. The summed E-state index contributed by atoms with van der Waals surface area (Å²) >= 11 is 0. The fraction of sp³-hybridized carbons (Fsp3) is 0.133. The maximum Gasteiger partial charge on any atom is 0.258 e. The number of halogens is 1. The highest BCUT2D eigenvalue weighted by Crippen LogP contribution is 2.21. The Morgan fingerprint density at radius 2 is 1.89 bits per heavy atom. The van der Waals surface area contributed by atoms with E-state index < -0.39 is 5.82 Å². The smallest absolute Gasteiger partial charge is 0.258 e. The molecular formula is C15H15FN2O. The lowest BCUT2D eigenvalue weighted by molar-refractivity contribution is 0.102. The van der Waals surface area contributed by atoms with Crippen molar-refractivity contribution in [3.05, 3.63) is 58.9 Å². The van der Waals surface area contributed by atoms with Crippen LogP contribution in [-0.2, 0) is 0 Å². The Kier molecular flexibility index (Phi) is 3.51. The predicted octanol–water partition coefficient (Wildman–Crippen LogP) is 3.28. The Hall–Kier alpha value is -2.36. The standard InChI is InChI=1S/C15H15FN2O/c1-9-6-7-11(16)8-13(9)18-15(19)14-10(2)4-3-5-12(14)17/h3-8H,17H2,1-2H3,(H,18,19). The van der Waals surface area contributed by atoms with Gasteiger partial charge in [0.25, 0.3) is 5.91 Å². The minimum Gasteiger partial charge on any atom is -0.398 e. The number of anilines is 2. The molecule has 2 aromatic rings. The second-order valence-corrected chi connectivity index (χ2v) is 4.45. The second kappa shape index (κ2) is 5.10. The second-order valence-electron chi connectivity index (χ2n) is 4.45. The average molecular weight is 258 g/mol. The fourth-order valence-corrected chi connectivity index (χ4v) is 1.91. The van der Waals surface area contributed by atoms with E-state index in [9.17, 15) is 9.18 Å². The van der Waals surface area contributed by atoms with Crippen LogP contribution in [0, 0.1) is 19.7 Å². The van der Waals surface area contributed by atoms with Gasteiger partial charge in [0.05, 0.1) is 5.56 Å². The van der Waals surface area contributed by atoms with Crippen molar-refractivity contribution in [3.63, 3.8) is 0 Å². The van der Waals surface area contributed by atoms with Crippen LogP contribution < -0.4 is 11.1 Å². The molecule has 0 saturated heterocycles. The summed E-state index contributed by atoms with van der Waals surface area (Å²) in [5.41, 5.74) is 8.67. The first-order valence-corrected chi connectivity index (χ1v) is 5.91. The molecule has 0 atom stereocenters. The predicted molar refractivity (Wildman–Crippen MR) is 74.7 cm³/mol. The number of hydrogen-bond donors (Lipinski definition) is 2. The Morgan fingerprint density at radius 3 is 2.58 bits per heavy atom. The van der Waals surface area contributed by atoms with Crippen molar-refractivity contribution in [3.8, 4) is 0 Å². The summed E-state index contributed by atoms with van der Waals surface area (Å²) in [6, 6.07) is 9.53. The molecular weight excluding hydrogens is 243 g/mol. The number of amides is 1. The van der Waals surface area contributed by atoms with Crippen LogP contribution in [0.4, 0.5) is 15.8 Å². The number of benzene rings is 2. The van der Waals surface area contributed by atoms with Gasteiger partial charge in [0.15, 0.2) is 0 Å². The summed E-state index contributed by atoms with van der Waals surface area (Å²) in [5.74, 6) is -0.719. The zero-order valence-electron chi connectivity index (χ0n) is 10.8. The van der Waals surface area contributed by atoms with E-state index in [0.717, 1.165) is 11.1 Å². The molecule has 4 heteroatoms. The Morgan fingerprint density at radius 1 is 1.16 bits per heavy atom. The zero-order chi connectivity index (χ0) is 14.0. The third kappa shape index (κ3) is 2.73. The molecule has 1 amide bonds. The van der Waals surface area contributed by atoms with E-state index in [1.54, 1.807) is 25.1 Å². The number of nitrogens with two attached hydrogens (primary N) is 1. The molecule has 0 aliphatic carbocycles. The van der Waals surface area contributed by atoms with Crippen LogP contribution in [0.25, 0.3) is 0 Å². The molecule has 2 rings (SSSR count). The molecule has 0 saturated carbocycles. The van der Waals surface area contributed by atoms with E-state index in [2.05, 4.69) is 5.32 Å². The van der Waals surface area contributed by atoms with Gasteiger partial charge in [-0.3, -0.25) is 4.79 Å². The van der Waals surface area contributed by atoms with Gasteiger partial charge in [0, 0.05) is 11.4 Å². The highest BCUT2D eigenvalue weighted by Gasteiger charge is 2.13. The number of carbonyl (C=O) groups is 1. The number of nitrogens with one attached hydrogen (secondary N) is 1. The van der Waals surface area contributed by atoms with Crippen LogP contribution >= 0.6 is 0 Å². The third-order valence-corrected chi connectivity index (χ3v) is 2.98. The van der Waals surface area contributed by atoms with Gasteiger partial charge in [0.2, 0.25) is 0 Å². The summed E-state index contributed by atoms with van der Waals surface area (Å²) < 4.78 is 13.2. The van der Waals surface area contributed by atoms with Gasteiger partial charge in [-0.2, -0.15) is 0 Å². The molecule has 19 heavy (non-hydrogen) atoms. The normalized spacial score (nSPS) is 10.3. The lowest BCUT2D eigenvalue weighted by Gasteiger charge is -2.12. The Bertz CT molecular complexity index is 618. The largest absolute Gasteiger partial charge is 0.398 e. The van der Waals surface area contributed by atoms with Gasteiger partial charge in [-0.15, -0.1) is 0 Å². The summed E-state index contributed by atoms with van der Waals surface area (Å²) in [6.45, 7) is 3.61. The minimum atomic E-state index is -0.390. The minimum absolute atomic E-state index is 0.329. The van der Waals surface area contributed by atoms with E-state index in [1.807, 2.05) is 13.0 Å². The maximum absolute atomic E-state index is 13.2. The molecule has 0 radical (unpaired) electrons. The number of nitrogen functional groups attached to an aromatic ring is 1. The topological polar surface area (TPSA) is 55.1 Å². The van der Waals surface area contributed by atoms with Crippen LogP contribution in [0.3, 0.4) is 0 Å². The molecule has 0 aliphatic heterocycles. The maximum atomic E-state index is 13.2. The van der Waals surface area contributed by atoms with Crippen molar-refractivity contribution in [2.24, 2.45) is 0 Å². The van der Waals surface area contributed by atoms with Crippen molar-refractivity contribution >= 4 is 17.3 Å². The Labute approximate surface area is 111 Å². The molecule has 0 heterocycles. The fourth-order valence-electron chi connectivity index (χ4n) is 1.91. The highest BCUT2D eigenvalue weighted by atomic mass is 19.1. The number of carbonyl (C=O) groups excluding carboxylic acids is 1. The lowest BCUT2D eigenvalue weighted by Crippen LogP contribution is -2.16. The highest BCUT2D eigenvalue weighted by molar-refractivity contribution is 6.09. The van der Waals surface area contributed by atoms with Gasteiger partial charge < -0.3 is 11.1 Å². The molecule has 0 aromatic heterocycles. The summed E-state index contributed by atoms with van der Waals surface area (Å²) in [6.07, 6.45) is 0. The van der Waals surface area contributed by atoms with Crippen molar-refractivity contribution in [2.75, 3.05) is 11.1 Å². The molecule has 3 nitrogen and oxygen atoms in total. The summed E-state index contributed by atoms with van der Waals surface area (Å²) in [7, 11) is 0. The van der Waals surface area contributed by atoms with E-state index in [0.29, 0.717) is 16.9 Å². The van der Waals surface area contributed by atoms with Gasteiger partial charge >= 0.3 is 0 Å². The molecule has 0 unspecified atom stereocenters. The molecule has 98 valence electrons. The lowest BCUT2D eigenvalue weighted by atomic mass is 10.1. The third-order valence-electron chi connectivity index (χ3n) is 2.98. The molecule has 0 fully saturated rings. The van der Waals surface area contributed by atoms with E-state index in [-0.39, 0.29) is 5.91 Å². The molecule has 2 aromatic carbocycles. The van der Waals surface area contributed by atoms with Crippen LogP contribution in [0.5, 0.6) is 0 Å². The van der Waals surface area contributed by atoms with Gasteiger partial charge in [0.1, 0.15) is 5.82 Å². The van der Waals surface area contributed by atoms with Crippen LogP contribution in [-0.4, -0.2) is 5.91 Å². The first kappa shape index (κ1) is 13.1. The first-order valence-electron chi connectivity index (χ1n) is 5.91. The van der Waals surface area contributed by atoms with Crippen molar-refractivity contribution in [1.29, 1.82) is 0 Å². The van der Waals surface area contributed by atoms with Crippen LogP contribution in [0.2, 0.25) is 0 Å². The van der Waals surface area contributed by atoms with Gasteiger partial charge in [-0.1, -0.05) is 18.2 Å². The van der Waals surface area contributed by atoms with Crippen molar-refractivity contribution in [1.82, 2.24) is 0 Å². The van der Waals surface area contributed by atoms with E-state index >= 15 is 0 Å². The Balaban J connectivity index is 2.34. The quantitative estimate of drug-likeness (QED) is 0.812. The zero-order valence-corrected chi connectivity index (χ0v) is 10.8. The number of aryl methyl sites for hydroxylation is 2.